The minimum atomic E-state index is -0.980. The zero-order valence-electron chi connectivity index (χ0n) is 16.0. The van der Waals surface area contributed by atoms with Gasteiger partial charge in [0.1, 0.15) is 11.6 Å². The number of fused-ring (bicyclic) bond motifs is 1. The summed E-state index contributed by atoms with van der Waals surface area (Å²) in [6.07, 6.45) is -0.166. The van der Waals surface area contributed by atoms with E-state index in [9.17, 15) is 18.8 Å². The monoisotopic (exact) mass is 407 g/mol. The van der Waals surface area contributed by atoms with Crippen LogP contribution < -0.4 is 21.5 Å². The summed E-state index contributed by atoms with van der Waals surface area (Å²) in [5.41, 5.74) is 1.64. The highest BCUT2D eigenvalue weighted by atomic mass is 19.1. The third-order valence-corrected chi connectivity index (χ3v) is 4.69. The number of hydrogen-bond acceptors (Lipinski definition) is 5. The van der Waals surface area contributed by atoms with Crippen molar-refractivity contribution < 1.29 is 14.0 Å². The molecule has 1 aromatic heterocycles. The summed E-state index contributed by atoms with van der Waals surface area (Å²) < 4.78 is 13.1. The minimum absolute atomic E-state index is 0.0173. The molecule has 4 N–H and O–H groups in total. The van der Waals surface area contributed by atoms with Crippen LogP contribution in [-0.4, -0.2) is 21.8 Å². The average Bonchev–Trinajstić information content (AvgIpc) is 2.70. The molecule has 9 heteroatoms. The maximum atomic E-state index is 13.1. The van der Waals surface area contributed by atoms with Crippen LogP contribution in [0.15, 0.2) is 53.3 Å². The van der Waals surface area contributed by atoms with E-state index in [2.05, 4.69) is 25.9 Å². The molecule has 0 radical (unpaired) electrons. The van der Waals surface area contributed by atoms with E-state index in [1.54, 1.807) is 12.1 Å². The van der Waals surface area contributed by atoms with Crippen LogP contribution in [-0.2, 0) is 9.59 Å². The maximum absolute atomic E-state index is 13.1. The summed E-state index contributed by atoms with van der Waals surface area (Å²) >= 11 is 0. The lowest BCUT2D eigenvalue weighted by Gasteiger charge is -2.23. The van der Waals surface area contributed by atoms with Crippen molar-refractivity contribution in [2.24, 2.45) is 0 Å². The van der Waals surface area contributed by atoms with E-state index in [-0.39, 0.29) is 23.8 Å². The van der Waals surface area contributed by atoms with Gasteiger partial charge in [-0.1, -0.05) is 17.7 Å². The van der Waals surface area contributed by atoms with Crippen molar-refractivity contribution in [2.75, 3.05) is 16.0 Å². The average molecular weight is 407 g/mol. The zero-order chi connectivity index (χ0) is 21.3. The number of nitrogens with one attached hydrogen (secondary N) is 4. The highest BCUT2D eigenvalue weighted by Gasteiger charge is 2.34. The van der Waals surface area contributed by atoms with Crippen molar-refractivity contribution in [1.82, 2.24) is 9.97 Å². The number of aryl methyl sites for hydroxylation is 1. The number of nitrogens with zero attached hydrogens (tertiary/aromatic N) is 1. The molecule has 8 nitrogen and oxygen atoms in total. The molecule has 0 fully saturated rings. The second kappa shape index (κ2) is 7.78. The smallest absolute Gasteiger partial charge is 0.258 e. The highest BCUT2D eigenvalue weighted by Crippen LogP contribution is 2.30. The van der Waals surface area contributed by atoms with Gasteiger partial charge < -0.3 is 16.0 Å². The van der Waals surface area contributed by atoms with E-state index < -0.39 is 29.1 Å². The Balaban J connectivity index is 1.62. The van der Waals surface area contributed by atoms with Crippen LogP contribution in [0, 0.1) is 12.7 Å². The van der Waals surface area contributed by atoms with E-state index in [4.69, 9.17) is 0 Å². The molecule has 1 atom stereocenters. The first-order valence-electron chi connectivity index (χ1n) is 9.23. The van der Waals surface area contributed by atoms with Gasteiger partial charge in [-0.2, -0.15) is 4.98 Å². The quantitative estimate of drug-likeness (QED) is 0.531. The molecule has 30 heavy (non-hydrogen) atoms. The third-order valence-electron chi connectivity index (χ3n) is 4.69. The lowest BCUT2D eigenvalue weighted by Crippen LogP contribution is -2.36. The fourth-order valence-electron chi connectivity index (χ4n) is 3.19. The minimum Gasteiger partial charge on any atom is -0.326 e. The lowest BCUT2D eigenvalue weighted by atomic mass is 9.92. The molecular weight excluding hydrogens is 389 g/mol. The van der Waals surface area contributed by atoms with Gasteiger partial charge in [0, 0.05) is 17.8 Å². The summed E-state index contributed by atoms with van der Waals surface area (Å²) in [7, 11) is 0. The molecule has 2 heterocycles. The molecule has 0 aliphatic carbocycles. The largest absolute Gasteiger partial charge is 0.326 e. The molecule has 0 saturated heterocycles. The molecular formula is C21H18FN5O3. The second-order valence-corrected chi connectivity index (χ2v) is 6.97. The number of anilines is 4. The molecule has 1 aliphatic rings. The molecule has 0 bridgehead atoms. The van der Waals surface area contributed by atoms with Gasteiger partial charge in [0.25, 0.3) is 5.56 Å². The van der Waals surface area contributed by atoms with Crippen molar-refractivity contribution >= 4 is 35.0 Å². The fraction of sp³-hybridized carbons (Fsp3) is 0.143. The summed E-state index contributed by atoms with van der Waals surface area (Å²) in [6.45, 7) is 1.93. The van der Waals surface area contributed by atoms with Crippen LogP contribution in [0.25, 0.3) is 0 Å². The zero-order valence-corrected chi connectivity index (χ0v) is 16.0. The van der Waals surface area contributed by atoms with Crippen molar-refractivity contribution in [3.05, 3.63) is 75.8 Å². The third kappa shape index (κ3) is 4.04. The fourth-order valence-corrected chi connectivity index (χ4v) is 3.19. The van der Waals surface area contributed by atoms with Crippen molar-refractivity contribution in [3.8, 4) is 0 Å². The molecule has 2 amide bonds. The number of aromatic nitrogens is 2. The first kappa shape index (κ1) is 19.3. The number of amides is 2. The van der Waals surface area contributed by atoms with E-state index in [0.29, 0.717) is 11.4 Å². The first-order valence-corrected chi connectivity index (χ1v) is 9.23. The van der Waals surface area contributed by atoms with E-state index in [1.807, 2.05) is 19.1 Å². The number of carbonyl (C=O) groups excluding carboxylic acids is 2. The van der Waals surface area contributed by atoms with Crippen molar-refractivity contribution in [3.63, 3.8) is 0 Å². The van der Waals surface area contributed by atoms with Gasteiger partial charge in [0.05, 0.1) is 11.5 Å². The molecule has 3 aromatic rings. The SMILES string of the molecule is Cc1ccc(NC(=O)[C@H]2CC(=O)Nc3nc(Nc4ccc(F)cc4)[nH]c(=O)c32)cc1. The number of hydrogen-bond donors (Lipinski definition) is 4. The van der Waals surface area contributed by atoms with Gasteiger partial charge in [0.2, 0.25) is 17.8 Å². The predicted molar refractivity (Wildman–Crippen MR) is 110 cm³/mol. The molecule has 1 aliphatic heterocycles. The molecule has 0 spiro atoms. The van der Waals surface area contributed by atoms with Crippen LogP contribution in [0.5, 0.6) is 0 Å². The van der Waals surface area contributed by atoms with Crippen LogP contribution in [0.1, 0.15) is 23.5 Å². The molecule has 2 aromatic carbocycles. The Labute approximate surface area is 170 Å². The molecule has 0 unspecified atom stereocenters. The van der Waals surface area contributed by atoms with Crippen LogP contribution in [0.2, 0.25) is 0 Å². The number of benzene rings is 2. The van der Waals surface area contributed by atoms with E-state index in [1.165, 1.54) is 24.3 Å². The number of H-pyrrole nitrogens is 1. The van der Waals surface area contributed by atoms with Gasteiger partial charge in [-0.15, -0.1) is 0 Å². The summed E-state index contributed by atoms with van der Waals surface area (Å²) in [5.74, 6) is -2.19. The number of carbonyl (C=O) groups is 2. The summed E-state index contributed by atoms with van der Waals surface area (Å²) in [6, 6.07) is 12.6. The predicted octanol–water partition coefficient (Wildman–Crippen LogP) is 3.03. The Bertz CT molecular complexity index is 1170. The number of halogens is 1. The topological polar surface area (TPSA) is 116 Å². The van der Waals surface area contributed by atoms with Gasteiger partial charge in [-0.3, -0.25) is 19.4 Å². The summed E-state index contributed by atoms with van der Waals surface area (Å²) in [4.78, 5) is 44.5. The van der Waals surface area contributed by atoms with Crippen LogP contribution >= 0.6 is 0 Å². The van der Waals surface area contributed by atoms with E-state index in [0.717, 1.165) is 5.56 Å². The normalized spacial score (nSPS) is 15.1. The second-order valence-electron chi connectivity index (χ2n) is 6.97. The van der Waals surface area contributed by atoms with Crippen molar-refractivity contribution in [1.29, 1.82) is 0 Å². The van der Waals surface area contributed by atoms with Gasteiger partial charge in [-0.05, 0) is 43.3 Å². The highest BCUT2D eigenvalue weighted by molar-refractivity contribution is 6.04. The van der Waals surface area contributed by atoms with Crippen molar-refractivity contribution in [2.45, 2.75) is 19.3 Å². The summed E-state index contributed by atoms with van der Waals surface area (Å²) in [5, 5.41) is 8.12. The molecule has 0 saturated carbocycles. The first-order chi connectivity index (χ1) is 14.4. The van der Waals surface area contributed by atoms with Gasteiger partial charge in [-0.25, -0.2) is 4.39 Å². The van der Waals surface area contributed by atoms with Crippen LogP contribution in [0.4, 0.5) is 27.5 Å². The maximum Gasteiger partial charge on any atom is 0.258 e. The van der Waals surface area contributed by atoms with Gasteiger partial charge >= 0.3 is 0 Å². The number of aromatic amines is 1. The molecule has 152 valence electrons. The van der Waals surface area contributed by atoms with E-state index >= 15 is 0 Å². The lowest BCUT2D eigenvalue weighted by molar-refractivity contribution is -0.123. The Morgan fingerprint density at radius 2 is 1.73 bits per heavy atom. The molecule has 4 rings (SSSR count). The Hall–Kier alpha value is -4.01. The Morgan fingerprint density at radius 1 is 1.07 bits per heavy atom. The van der Waals surface area contributed by atoms with Crippen LogP contribution in [0.3, 0.4) is 0 Å². The number of rotatable bonds is 4. The standard InChI is InChI=1S/C21H18FN5O3/c1-11-2-6-13(7-3-11)23-19(29)15-10-16(28)25-18-17(15)20(30)27-21(26-18)24-14-8-4-12(22)5-9-14/h2-9,15H,10H2,1H3,(H,23,29)(H3,24,25,26,27,28,30)/t15-/m0/s1. The Kier molecular flexibility index (Phi) is 5.01. The van der Waals surface area contributed by atoms with Gasteiger partial charge in [0.15, 0.2) is 0 Å². The Morgan fingerprint density at radius 3 is 2.43 bits per heavy atom.